The lowest BCUT2D eigenvalue weighted by molar-refractivity contribution is 0.0698. The van der Waals surface area contributed by atoms with Gasteiger partial charge in [-0.2, -0.15) is 5.10 Å². The van der Waals surface area contributed by atoms with Gasteiger partial charge < -0.3 is 5.11 Å². The van der Waals surface area contributed by atoms with Crippen molar-refractivity contribution in [2.24, 2.45) is 10.2 Å². The van der Waals surface area contributed by atoms with Crippen molar-refractivity contribution in [1.29, 1.82) is 0 Å². The standard InChI is InChI=1S/C12H12N4O2/c1-7-11(8(2)14-13-7)16-15-10-6-4-3-5-9(10)12(17)18/h3-6H,1-2H3,(H,13,14)(H,17,18). The van der Waals surface area contributed by atoms with Crippen molar-refractivity contribution < 1.29 is 9.90 Å². The maximum absolute atomic E-state index is 11.0. The molecule has 0 saturated carbocycles. The number of nitrogens with zero attached hydrogens (tertiary/aromatic N) is 3. The molecule has 0 bridgehead atoms. The third-order valence-electron chi connectivity index (χ3n) is 2.48. The lowest BCUT2D eigenvalue weighted by Crippen LogP contribution is -1.95. The predicted molar refractivity (Wildman–Crippen MR) is 65.6 cm³/mol. The van der Waals surface area contributed by atoms with Crippen LogP contribution in [0.25, 0.3) is 0 Å². The highest BCUT2D eigenvalue weighted by atomic mass is 16.4. The highest BCUT2D eigenvalue weighted by Gasteiger charge is 2.09. The van der Waals surface area contributed by atoms with Crippen molar-refractivity contribution in [1.82, 2.24) is 10.2 Å². The van der Waals surface area contributed by atoms with E-state index in [-0.39, 0.29) is 5.56 Å². The van der Waals surface area contributed by atoms with E-state index in [1.54, 1.807) is 25.1 Å². The monoisotopic (exact) mass is 244 g/mol. The summed E-state index contributed by atoms with van der Waals surface area (Å²) in [5, 5.41) is 23.8. The number of aromatic nitrogens is 2. The number of carboxylic acids is 1. The van der Waals surface area contributed by atoms with Crippen LogP contribution in [0.2, 0.25) is 0 Å². The molecule has 0 saturated heterocycles. The molecule has 1 aromatic heterocycles. The zero-order valence-electron chi connectivity index (χ0n) is 10.0. The van der Waals surface area contributed by atoms with Crippen molar-refractivity contribution in [2.45, 2.75) is 13.8 Å². The Morgan fingerprint density at radius 2 is 2.00 bits per heavy atom. The molecule has 0 aliphatic heterocycles. The summed E-state index contributed by atoms with van der Waals surface area (Å²) in [6.45, 7) is 3.64. The number of hydrogen-bond acceptors (Lipinski definition) is 4. The molecule has 0 amide bonds. The van der Waals surface area contributed by atoms with E-state index >= 15 is 0 Å². The smallest absolute Gasteiger partial charge is 0.337 e. The largest absolute Gasteiger partial charge is 0.478 e. The number of H-pyrrole nitrogens is 1. The summed E-state index contributed by atoms with van der Waals surface area (Å²) < 4.78 is 0. The molecule has 18 heavy (non-hydrogen) atoms. The van der Waals surface area contributed by atoms with Crippen molar-refractivity contribution in [2.75, 3.05) is 0 Å². The Hall–Kier alpha value is -2.50. The third-order valence-corrected chi connectivity index (χ3v) is 2.48. The molecule has 0 spiro atoms. The first kappa shape index (κ1) is 12.0. The minimum atomic E-state index is -1.02. The number of benzene rings is 1. The molecule has 2 aromatic rings. The van der Waals surface area contributed by atoms with Crippen molar-refractivity contribution in [3.63, 3.8) is 0 Å². The molecule has 0 aliphatic carbocycles. The van der Waals surface area contributed by atoms with Crippen LogP contribution in [-0.4, -0.2) is 21.3 Å². The molecule has 0 atom stereocenters. The zero-order chi connectivity index (χ0) is 13.1. The van der Waals surface area contributed by atoms with E-state index in [0.29, 0.717) is 11.4 Å². The molecule has 0 aliphatic rings. The van der Waals surface area contributed by atoms with Crippen molar-refractivity contribution in [3.05, 3.63) is 41.2 Å². The summed E-state index contributed by atoms with van der Waals surface area (Å²) in [7, 11) is 0. The van der Waals surface area contributed by atoms with Crippen LogP contribution in [0.1, 0.15) is 21.7 Å². The topological polar surface area (TPSA) is 90.7 Å². The van der Waals surface area contributed by atoms with E-state index < -0.39 is 5.97 Å². The normalized spacial score (nSPS) is 11.0. The first-order chi connectivity index (χ1) is 8.59. The van der Waals surface area contributed by atoms with Gasteiger partial charge in [-0.1, -0.05) is 12.1 Å². The van der Waals surface area contributed by atoms with Gasteiger partial charge in [-0.25, -0.2) is 4.79 Å². The van der Waals surface area contributed by atoms with Crippen LogP contribution in [0.4, 0.5) is 11.4 Å². The zero-order valence-corrected chi connectivity index (χ0v) is 10.0. The van der Waals surface area contributed by atoms with Gasteiger partial charge in [0, 0.05) is 0 Å². The third kappa shape index (κ3) is 2.27. The van der Waals surface area contributed by atoms with Crippen LogP contribution < -0.4 is 0 Å². The SMILES string of the molecule is Cc1n[nH]c(C)c1N=Nc1ccccc1C(=O)O. The van der Waals surface area contributed by atoms with Gasteiger partial charge in [0.25, 0.3) is 0 Å². The number of nitrogens with one attached hydrogen (secondary N) is 1. The number of carboxylic acid groups (broad SMARTS) is 1. The Kier molecular flexibility index (Phi) is 3.18. The van der Waals surface area contributed by atoms with Gasteiger partial charge in [0.1, 0.15) is 11.4 Å². The highest BCUT2D eigenvalue weighted by molar-refractivity contribution is 5.93. The van der Waals surface area contributed by atoms with E-state index in [1.807, 2.05) is 6.92 Å². The second-order valence-corrected chi connectivity index (χ2v) is 3.80. The molecule has 6 heteroatoms. The Morgan fingerprint density at radius 3 is 2.61 bits per heavy atom. The molecule has 1 heterocycles. The molecule has 92 valence electrons. The van der Waals surface area contributed by atoms with Gasteiger partial charge in [-0.3, -0.25) is 5.10 Å². The number of aromatic amines is 1. The fourth-order valence-corrected chi connectivity index (χ4v) is 1.54. The van der Waals surface area contributed by atoms with Gasteiger partial charge >= 0.3 is 5.97 Å². The maximum Gasteiger partial charge on any atom is 0.337 e. The molecule has 6 nitrogen and oxygen atoms in total. The second-order valence-electron chi connectivity index (χ2n) is 3.80. The fourth-order valence-electron chi connectivity index (χ4n) is 1.54. The van der Waals surface area contributed by atoms with Gasteiger partial charge in [-0.15, -0.1) is 10.2 Å². The van der Waals surface area contributed by atoms with E-state index in [2.05, 4.69) is 20.4 Å². The molecule has 0 fully saturated rings. The summed E-state index contributed by atoms with van der Waals surface area (Å²) in [4.78, 5) is 11.0. The van der Waals surface area contributed by atoms with Crippen LogP contribution in [-0.2, 0) is 0 Å². The first-order valence-corrected chi connectivity index (χ1v) is 5.35. The van der Waals surface area contributed by atoms with Crippen LogP contribution >= 0.6 is 0 Å². The maximum atomic E-state index is 11.0. The second kappa shape index (κ2) is 4.79. The average Bonchev–Trinajstić information content (AvgIpc) is 2.67. The van der Waals surface area contributed by atoms with Crippen LogP contribution in [0.15, 0.2) is 34.5 Å². The van der Waals surface area contributed by atoms with Crippen molar-refractivity contribution in [3.8, 4) is 0 Å². The lowest BCUT2D eigenvalue weighted by atomic mass is 10.2. The molecular formula is C12H12N4O2. The lowest BCUT2D eigenvalue weighted by Gasteiger charge is -1.98. The Balaban J connectivity index is 2.38. The number of carbonyl (C=O) groups is 1. The van der Waals surface area contributed by atoms with Gasteiger partial charge in [-0.05, 0) is 26.0 Å². The van der Waals surface area contributed by atoms with E-state index in [0.717, 1.165) is 11.4 Å². The molecule has 2 rings (SSSR count). The fraction of sp³-hybridized carbons (Fsp3) is 0.167. The van der Waals surface area contributed by atoms with Crippen LogP contribution in [0.3, 0.4) is 0 Å². The number of rotatable bonds is 3. The van der Waals surface area contributed by atoms with E-state index in [4.69, 9.17) is 5.11 Å². The molecule has 0 radical (unpaired) electrons. The summed E-state index contributed by atoms with van der Waals surface area (Å²) in [5.41, 5.74) is 2.60. The Morgan fingerprint density at radius 1 is 1.28 bits per heavy atom. The molecular weight excluding hydrogens is 232 g/mol. The molecule has 2 N–H and O–H groups in total. The van der Waals surface area contributed by atoms with Crippen LogP contribution in [0.5, 0.6) is 0 Å². The number of azo groups is 1. The minimum absolute atomic E-state index is 0.125. The summed E-state index contributed by atoms with van der Waals surface area (Å²) in [6, 6.07) is 6.47. The number of aromatic carboxylic acids is 1. The van der Waals surface area contributed by atoms with Crippen molar-refractivity contribution >= 4 is 17.3 Å². The Labute approximate surface area is 103 Å². The Bertz CT molecular complexity index is 597. The molecule has 0 unspecified atom stereocenters. The predicted octanol–water partition coefficient (Wildman–Crippen LogP) is 3.14. The van der Waals surface area contributed by atoms with Gasteiger partial charge in [0.15, 0.2) is 0 Å². The summed E-state index contributed by atoms with van der Waals surface area (Å²) in [6.07, 6.45) is 0. The summed E-state index contributed by atoms with van der Waals surface area (Å²) >= 11 is 0. The quantitative estimate of drug-likeness (QED) is 0.812. The van der Waals surface area contributed by atoms with Gasteiger partial charge in [0.2, 0.25) is 0 Å². The first-order valence-electron chi connectivity index (χ1n) is 5.35. The number of hydrogen-bond donors (Lipinski definition) is 2. The highest BCUT2D eigenvalue weighted by Crippen LogP contribution is 2.25. The number of aryl methyl sites for hydroxylation is 2. The van der Waals surface area contributed by atoms with Crippen LogP contribution in [0, 0.1) is 13.8 Å². The van der Waals surface area contributed by atoms with E-state index in [1.165, 1.54) is 6.07 Å². The summed E-state index contributed by atoms with van der Waals surface area (Å²) in [5.74, 6) is -1.02. The average molecular weight is 244 g/mol. The van der Waals surface area contributed by atoms with E-state index in [9.17, 15) is 4.79 Å². The van der Waals surface area contributed by atoms with Gasteiger partial charge in [0.05, 0.1) is 17.0 Å². The minimum Gasteiger partial charge on any atom is -0.478 e. The molecule has 1 aromatic carbocycles.